The number of benzene rings is 1. The molecule has 0 amide bonds. The smallest absolute Gasteiger partial charge is 0.123 e. The van der Waals surface area contributed by atoms with Crippen molar-refractivity contribution < 1.29 is 9.13 Å². The number of hydrogen-bond acceptors (Lipinski definition) is 3. The monoisotopic (exact) mass is 252 g/mol. The first kappa shape index (κ1) is 13.5. The van der Waals surface area contributed by atoms with Gasteiger partial charge in [-0.05, 0) is 31.0 Å². The van der Waals surface area contributed by atoms with Crippen LogP contribution in [0, 0.1) is 5.82 Å². The average molecular weight is 252 g/mol. The summed E-state index contributed by atoms with van der Waals surface area (Å²) in [4.78, 5) is 2.34. The highest BCUT2D eigenvalue weighted by Gasteiger charge is 2.23. The van der Waals surface area contributed by atoms with Crippen molar-refractivity contribution in [3.63, 3.8) is 0 Å². The molecule has 1 heterocycles. The lowest BCUT2D eigenvalue weighted by Gasteiger charge is -2.31. The topological polar surface area (TPSA) is 38.5 Å². The molecule has 2 N–H and O–H groups in total. The van der Waals surface area contributed by atoms with Crippen LogP contribution in [-0.4, -0.2) is 37.2 Å². The fraction of sp³-hybridized carbons (Fsp3) is 0.571. The summed E-state index contributed by atoms with van der Waals surface area (Å²) < 4.78 is 18.6. The molecule has 100 valence electrons. The fourth-order valence-electron chi connectivity index (χ4n) is 2.49. The minimum atomic E-state index is -0.206. The zero-order valence-electron chi connectivity index (χ0n) is 10.8. The summed E-state index contributed by atoms with van der Waals surface area (Å²) >= 11 is 0. The Morgan fingerprint density at radius 1 is 1.44 bits per heavy atom. The Morgan fingerprint density at radius 2 is 2.17 bits per heavy atom. The highest BCUT2D eigenvalue weighted by atomic mass is 19.1. The van der Waals surface area contributed by atoms with E-state index < -0.39 is 0 Å². The van der Waals surface area contributed by atoms with E-state index in [1.165, 1.54) is 12.1 Å². The maximum Gasteiger partial charge on any atom is 0.123 e. The van der Waals surface area contributed by atoms with Crippen LogP contribution in [0.25, 0.3) is 0 Å². The van der Waals surface area contributed by atoms with Crippen LogP contribution in [0.15, 0.2) is 24.3 Å². The molecule has 2 rings (SSSR count). The van der Waals surface area contributed by atoms with Gasteiger partial charge in [-0.25, -0.2) is 4.39 Å². The Balaban J connectivity index is 2.13. The third-order valence-corrected chi connectivity index (χ3v) is 3.40. The van der Waals surface area contributed by atoms with Gasteiger partial charge in [-0.2, -0.15) is 0 Å². The van der Waals surface area contributed by atoms with Gasteiger partial charge >= 0.3 is 0 Å². The van der Waals surface area contributed by atoms with Crippen LogP contribution >= 0.6 is 0 Å². The van der Waals surface area contributed by atoms with Crippen molar-refractivity contribution in [1.82, 2.24) is 4.90 Å². The van der Waals surface area contributed by atoms with E-state index in [2.05, 4.69) is 11.8 Å². The Labute approximate surface area is 108 Å². The first-order chi connectivity index (χ1) is 8.70. The van der Waals surface area contributed by atoms with Gasteiger partial charge in [-0.15, -0.1) is 0 Å². The van der Waals surface area contributed by atoms with Crippen molar-refractivity contribution in [1.29, 1.82) is 0 Å². The molecular weight excluding hydrogens is 231 g/mol. The molecule has 0 saturated carbocycles. The predicted octanol–water partition coefficient (Wildman–Crippen LogP) is 1.94. The van der Waals surface area contributed by atoms with Crippen molar-refractivity contribution in [3.05, 3.63) is 35.6 Å². The molecule has 1 aliphatic rings. The maximum absolute atomic E-state index is 13.0. The van der Waals surface area contributed by atoms with Gasteiger partial charge in [0, 0.05) is 32.3 Å². The van der Waals surface area contributed by atoms with Crippen LogP contribution in [0.4, 0.5) is 4.39 Å². The zero-order chi connectivity index (χ0) is 13.0. The Morgan fingerprint density at radius 3 is 2.83 bits per heavy atom. The third-order valence-electron chi connectivity index (χ3n) is 3.40. The van der Waals surface area contributed by atoms with E-state index in [0.717, 1.165) is 31.7 Å². The van der Waals surface area contributed by atoms with Crippen molar-refractivity contribution in [2.45, 2.75) is 25.5 Å². The zero-order valence-corrected chi connectivity index (χ0v) is 10.8. The molecule has 0 aromatic heterocycles. The fourth-order valence-corrected chi connectivity index (χ4v) is 2.49. The van der Waals surface area contributed by atoms with Crippen LogP contribution in [0.2, 0.25) is 0 Å². The Hall–Kier alpha value is -0.970. The molecule has 4 heteroatoms. The van der Waals surface area contributed by atoms with Gasteiger partial charge in [0.25, 0.3) is 0 Å². The first-order valence-electron chi connectivity index (χ1n) is 6.52. The normalized spacial score (nSPS) is 23.6. The van der Waals surface area contributed by atoms with E-state index >= 15 is 0 Å². The number of halogens is 1. The minimum absolute atomic E-state index is 0.148. The molecule has 3 nitrogen and oxygen atoms in total. The first-order valence-corrected chi connectivity index (χ1v) is 6.52. The highest BCUT2D eigenvalue weighted by molar-refractivity contribution is 5.20. The van der Waals surface area contributed by atoms with Gasteiger partial charge < -0.3 is 10.5 Å². The second-order valence-corrected chi connectivity index (χ2v) is 4.83. The van der Waals surface area contributed by atoms with E-state index in [1.807, 2.05) is 12.1 Å². The number of nitrogens with two attached hydrogens (primary N) is 1. The van der Waals surface area contributed by atoms with E-state index in [-0.39, 0.29) is 18.0 Å². The average Bonchev–Trinajstić information content (AvgIpc) is 2.57. The molecule has 0 radical (unpaired) electrons. The summed E-state index contributed by atoms with van der Waals surface area (Å²) in [5.41, 5.74) is 6.97. The van der Waals surface area contributed by atoms with Gasteiger partial charge in [0.2, 0.25) is 0 Å². The lowest BCUT2D eigenvalue weighted by molar-refractivity contribution is 0.0612. The summed E-state index contributed by atoms with van der Waals surface area (Å²) in [5, 5.41) is 0. The molecular formula is C14H21FN2O. The van der Waals surface area contributed by atoms with Gasteiger partial charge in [0.15, 0.2) is 0 Å². The standard InChI is InChI=1S/C14H21FN2O/c1-11-10-17(7-2-8-18-11)14(9-16)12-3-5-13(15)6-4-12/h3-6,11,14H,2,7-10,16H2,1H3. The molecule has 1 aromatic carbocycles. The van der Waals surface area contributed by atoms with Gasteiger partial charge in [-0.1, -0.05) is 12.1 Å². The molecule has 1 aliphatic heterocycles. The van der Waals surface area contributed by atoms with Gasteiger partial charge in [-0.3, -0.25) is 4.90 Å². The Bertz CT molecular complexity index is 369. The quantitative estimate of drug-likeness (QED) is 0.893. The van der Waals surface area contributed by atoms with E-state index in [4.69, 9.17) is 10.5 Å². The third kappa shape index (κ3) is 3.28. The molecule has 0 spiro atoms. The van der Waals surface area contributed by atoms with E-state index in [9.17, 15) is 4.39 Å². The summed E-state index contributed by atoms with van der Waals surface area (Å²) in [6, 6.07) is 6.78. The van der Waals surface area contributed by atoms with Crippen LogP contribution < -0.4 is 5.73 Å². The molecule has 0 aliphatic carbocycles. The van der Waals surface area contributed by atoms with E-state index in [0.29, 0.717) is 6.54 Å². The molecule has 0 bridgehead atoms. The molecule has 1 saturated heterocycles. The summed E-state index contributed by atoms with van der Waals surface area (Å²) in [7, 11) is 0. The van der Waals surface area contributed by atoms with Gasteiger partial charge in [0.05, 0.1) is 6.10 Å². The van der Waals surface area contributed by atoms with Crippen molar-refractivity contribution >= 4 is 0 Å². The maximum atomic E-state index is 13.0. The van der Waals surface area contributed by atoms with Crippen molar-refractivity contribution in [2.75, 3.05) is 26.2 Å². The molecule has 2 atom stereocenters. The summed E-state index contributed by atoms with van der Waals surface area (Å²) in [6.07, 6.45) is 1.24. The van der Waals surface area contributed by atoms with Crippen molar-refractivity contribution in [3.8, 4) is 0 Å². The van der Waals surface area contributed by atoms with Crippen LogP contribution in [0.3, 0.4) is 0 Å². The molecule has 2 unspecified atom stereocenters. The lowest BCUT2D eigenvalue weighted by Crippen LogP contribution is -2.37. The molecule has 1 fully saturated rings. The van der Waals surface area contributed by atoms with Gasteiger partial charge in [0.1, 0.15) is 5.82 Å². The second kappa shape index (κ2) is 6.27. The predicted molar refractivity (Wildman–Crippen MR) is 69.8 cm³/mol. The summed E-state index contributed by atoms with van der Waals surface area (Å²) in [5.74, 6) is -0.206. The van der Waals surface area contributed by atoms with Crippen LogP contribution in [0.5, 0.6) is 0 Å². The lowest BCUT2D eigenvalue weighted by atomic mass is 10.0. The van der Waals surface area contributed by atoms with Crippen molar-refractivity contribution in [2.24, 2.45) is 5.73 Å². The highest BCUT2D eigenvalue weighted by Crippen LogP contribution is 2.22. The Kier molecular flexibility index (Phi) is 4.69. The SMILES string of the molecule is CC1CN(C(CN)c2ccc(F)cc2)CCCO1. The van der Waals surface area contributed by atoms with Crippen LogP contribution in [-0.2, 0) is 4.74 Å². The largest absolute Gasteiger partial charge is 0.377 e. The molecule has 1 aromatic rings. The van der Waals surface area contributed by atoms with E-state index in [1.54, 1.807) is 0 Å². The second-order valence-electron chi connectivity index (χ2n) is 4.83. The number of hydrogen-bond donors (Lipinski definition) is 1. The minimum Gasteiger partial charge on any atom is -0.377 e. The number of ether oxygens (including phenoxy) is 1. The number of nitrogens with zero attached hydrogens (tertiary/aromatic N) is 1. The van der Waals surface area contributed by atoms with Crippen LogP contribution in [0.1, 0.15) is 24.9 Å². The molecule has 18 heavy (non-hydrogen) atoms. The summed E-state index contributed by atoms with van der Waals surface area (Å²) in [6.45, 7) is 5.27. The number of rotatable bonds is 3.